The molecule has 0 aliphatic heterocycles. The Balaban J connectivity index is 0.00000242. The van der Waals surface area contributed by atoms with Gasteiger partial charge in [0.1, 0.15) is 18.0 Å². The first kappa shape index (κ1) is 18.8. The number of hydrogen-bond acceptors (Lipinski definition) is 3. The van der Waals surface area contributed by atoms with Crippen molar-refractivity contribution in [3.8, 4) is 0 Å². The highest BCUT2D eigenvalue weighted by Gasteiger charge is 2.04. The Morgan fingerprint density at radius 2 is 2.05 bits per heavy atom. The molecule has 1 aromatic heterocycles. The molecule has 0 saturated carbocycles. The zero-order valence-corrected chi connectivity index (χ0v) is 16.1. The summed E-state index contributed by atoms with van der Waals surface area (Å²) in [6.45, 7) is 0.970. The Kier molecular flexibility index (Phi) is 7.73. The summed E-state index contributed by atoms with van der Waals surface area (Å²) in [7, 11) is 3.50. The second kappa shape index (κ2) is 9.03. The molecular weight excluding hydrogens is 466 g/mol. The van der Waals surface area contributed by atoms with E-state index in [1.54, 1.807) is 11.7 Å². The Bertz CT molecular complexity index is 625. The molecule has 0 saturated heterocycles. The molecular formula is C13H17BrFIN6. The first-order chi connectivity index (χ1) is 10.1. The van der Waals surface area contributed by atoms with Gasteiger partial charge in [0.05, 0.1) is 6.54 Å². The summed E-state index contributed by atoms with van der Waals surface area (Å²) in [4.78, 5) is 8.22. The van der Waals surface area contributed by atoms with Crippen molar-refractivity contribution in [2.24, 2.45) is 12.0 Å². The molecule has 0 aliphatic rings. The number of aryl methyl sites for hydroxylation is 1. The number of benzene rings is 1. The van der Waals surface area contributed by atoms with Crippen LogP contribution in [-0.4, -0.2) is 27.8 Å². The van der Waals surface area contributed by atoms with E-state index in [2.05, 4.69) is 41.6 Å². The number of rotatable bonds is 4. The number of hydrogen-bond donors (Lipinski definition) is 2. The fraction of sp³-hybridized carbons (Fsp3) is 0.308. The van der Waals surface area contributed by atoms with Crippen LogP contribution in [0.4, 0.5) is 4.39 Å². The highest BCUT2D eigenvalue weighted by atomic mass is 127. The van der Waals surface area contributed by atoms with Crippen LogP contribution in [0.2, 0.25) is 0 Å². The molecule has 1 aromatic carbocycles. The molecule has 2 aromatic rings. The van der Waals surface area contributed by atoms with Gasteiger partial charge in [0.2, 0.25) is 0 Å². The van der Waals surface area contributed by atoms with Crippen molar-refractivity contribution in [3.63, 3.8) is 0 Å². The van der Waals surface area contributed by atoms with Gasteiger partial charge in [-0.3, -0.25) is 9.67 Å². The lowest BCUT2D eigenvalue weighted by molar-refractivity contribution is 0.623. The molecule has 0 aliphatic carbocycles. The summed E-state index contributed by atoms with van der Waals surface area (Å²) < 4.78 is 15.7. The van der Waals surface area contributed by atoms with Crippen LogP contribution in [0.3, 0.4) is 0 Å². The highest BCUT2D eigenvalue weighted by molar-refractivity contribution is 14.0. The standard InChI is InChI=1S/C13H16BrFN6.HI/c1-16-13(18-7-12-19-8-20-21(12)2)17-6-9-3-10(14)5-11(15)4-9;/h3-5,8H,6-7H2,1-2H3,(H2,16,17,18);1H. The van der Waals surface area contributed by atoms with Crippen molar-refractivity contribution >= 4 is 45.9 Å². The predicted molar refractivity (Wildman–Crippen MR) is 97.6 cm³/mol. The first-order valence-electron chi connectivity index (χ1n) is 6.31. The maximum atomic E-state index is 13.3. The summed E-state index contributed by atoms with van der Waals surface area (Å²) in [6, 6.07) is 4.75. The lowest BCUT2D eigenvalue weighted by Crippen LogP contribution is -2.37. The number of aliphatic imine (C=N–C) groups is 1. The van der Waals surface area contributed by atoms with Gasteiger partial charge in [0.25, 0.3) is 0 Å². The van der Waals surface area contributed by atoms with Gasteiger partial charge in [-0.25, -0.2) is 9.37 Å². The molecule has 1 heterocycles. The van der Waals surface area contributed by atoms with E-state index in [0.29, 0.717) is 23.5 Å². The van der Waals surface area contributed by atoms with Crippen molar-refractivity contribution in [3.05, 3.63) is 46.2 Å². The van der Waals surface area contributed by atoms with E-state index in [-0.39, 0.29) is 29.8 Å². The minimum atomic E-state index is -0.275. The predicted octanol–water partition coefficient (Wildman–Crippen LogP) is 2.20. The van der Waals surface area contributed by atoms with Crippen molar-refractivity contribution in [2.45, 2.75) is 13.1 Å². The molecule has 2 rings (SSSR count). The number of halogens is 3. The molecule has 0 spiro atoms. The molecule has 22 heavy (non-hydrogen) atoms. The second-order valence-electron chi connectivity index (χ2n) is 4.36. The van der Waals surface area contributed by atoms with Crippen LogP contribution in [-0.2, 0) is 20.1 Å². The second-order valence-corrected chi connectivity index (χ2v) is 5.27. The van der Waals surface area contributed by atoms with Crippen molar-refractivity contribution in [2.75, 3.05) is 7.05 Å². The molecule has 0 atom stereocenters. The molecule has 0 radical (unpaired) electrons. The molecule has 2 N–H and O–H groups in total. The van der Waals surface area contributed by atoms with Crippen LogP contribution in [0, 0.1) is 5.82 Å². The van der Waals surface area contributed by atoms with Gasteiger partial charge < -0.3 is 10.6 Å². The summed E-state index contributed by atoms with van der Waals surface area (Å²) in [5.41, 5.74) is 0.823. The summed E-state index contributed by atoms with van der Waals surface area (Å²) in [5.74, 6) is 1.13. The number of nitrogens with one attached hydrogen (secondary N) is 2. The van der Waals surface area contributed by atoms with Gasteiger partial charge >= 0.3 is 0 Å². The lowest BCUT2D eigenvalue weighted by atomic mass is 10.2. The number of nitrogens with zero attached hydrogens (tertiary/aromatic N) is 4. The third-order valence-electron chi connectivity index (χ3n) is 2.83. The molecule has 9 heteroatoms. The van der Waals surface area contributed by atoms with E-state index in [9.17, 15) is 4.39 Å². The minimum absolute atomic E-state index is 0. The van der Waals surface area contributed by atoms with E-state index in [0.717, 1.165) is 11.4 Å². The summed E-state index contributed by atoms with van der Waals surface area (Å²) >= 11 is 3.27. The van der Waals surface area contributed by atoms with Gasteiger partial charge in [-0.05, 0) is 23.8 Å². The quantitative estimate of drug-likeness (QED) is 0.398. The largest absolute Gasteiger partial charge is 0.352 e. The Labute approximate surface area is 153 Å². The zero-order valence-electron chi connectivity index (χ0n) is 12.2. The lowest BCUT2D eigenvalue weighted by Gasteiger charge is -2.11. The maximum absolute atomic E-state index is 13.3. The van der Waals surface area contributed by atoms with Crippen LogP contribution in [0.15, 0.2) is 34.0 Å². The van der Waals surface area contributed by atoms with E-state index in [1.165, 1.54) is 18.5 Å². The smallest absolute Gasteiger partial charge is 0.191 e. The first-order valence-corrected chi connectivity index (χ1v) is 7.10. The van der Waals surface area contributed by atoms with Gasteiger partial charge in [0.15, 0.2) is 5.96 Å². The fourth-order valence-corrected chi connectivity index (χ4v) is 2.28. The Hall–Kier alpha value is -1.23. The molecule has 120 valence electrons. The summed E-state index contributed by atoms with van der Waals surface area (Å²) in [5, 5.41) is 10.2. The van der Waals surface area contributed by atoms with Gasteiger partial charge in [-0.2, -0.15) is 5.10 Å². The van der Waals surface area contributed by atoms with Crippen molar-refractivity contribution in [1.82, 2.24) is 25.4 Å². The molecule has 0 fully saturated rings. The Morgan fingerprint density at radius 1 is 1.32 bits per heavy atom. The van der Waals surface area contributed by atoms with Crippen LogP contribution in [0.1, 0.15) is 11.4 Å². The number of guanidine groups is 1. The fourth-order valence-electron chi connectivity index (χ4n) is 1.76. The summed E-state index contributed by atoms with van der Waals surface area (Å²) in [6.07, 6.45) is 1.50. The van der Waals surface area contributed by atoms with Crippen LogP contribution in [0.5, 0.6) is 0 Å². The average molecular weight is 483 g/mol. The molecule has 0 unspecified atom stereocenters. The van der Waals surface area contributed by atoms with Crippen LogP contribution >= 0.6 is 39.9 Å². The molecule has 0 bridgehead atoms. The third kappa shape index (κ3) is 5.52. The average Bonchev–Trinajstić information content (AvgIpc) is 2.83. The van der Waals surface area contributed by atoms with Gasteiger partial charge in [0, 0.05) is 25.1 Å². The van der Waals surface area contributed by atoms with Crippen molar-refractivity contribution < 1.29 is 4.39 Å². The van der Waals surface area contributed by atoms with E-state index in [4.69, 9.17) is 0 Å². The van der Waals surface area contributed by atoms with E-state index >= 15 is 0 Å². The van der Waals surface area contributed by atoms with Crippen LogP contribution < -0.4 is 10.6 Å². The topological polar surface area (TPSA) is 67.1 Å². The molecule has 0 amide bonds. The van der Waals surface area contributed by atoms with Crippen molar-refractivity contribution in [1.29, 1.82) is 0 Å². The van der Waals surface area contributed by atoms with Crippen LogP contribution in [0.25, 0.3) is 0 Å². The van der Waals surface area contributed by atoms with Gasteiger partial charge in [-0.15, -0.1) is 24.0 Å². The monoisotopic (exact) mass is 482 g/mol. The minimum Gasteiger partial charge on any atom is -0.352 e. The third-order valence-corrected chi connectivity index (χ3v) is 3.28. The van der Waals surface area contributed by atoms with E-state index < -0.39 is 0 Å². The Morgan fingerprint density at radius 3 is 2.64 bits per heavy atom. The van der Waals surface area contributed by atoms with E-state index in [1.807, 2.05) is 13.1 Å². The maximum Gasteiger partial charge on any atom is 0.191 e. The van der Waals surface area contributed by atoms with Gasteiger partial charge in [-0.1, -0.05) is 15.9 Å². The SMILES string of the molecule is CN=C(NCc1cc(F)cc(Br)c1)NCc1ncnn1C.I. The zero-order chi connectivity index (χ0) is 15.2. The number of aromatic nitrogens is 3. The normalized spacial score (nSPS) is 11.0. The molecule has 6 nitrogen and oxygen atoms in total. The highest BCUT2D eigenvalue weighted by Crippen LogP contribution is 2.14.